The van der Waals surface area contributed by atoms with Crippen LogP contribution in [0.1, 0.15) is 36.8 Å². The zero-order valence-corrected chi connectivity index (χ0v) is 15.3. The maximum atomic E-state index is 13.5. The van der Waals surface area contributed by atoms with E-state index in [4.69, 9.17) is 9.47 Å². The van der Waals surface area contributed by atoms with Crippen molar-refractivity contribution in [2.75, 3.05) is 33.9 Å². The molecule has 136 valence electrons. The molecule has 1 saturated carbocycles. The number of carbonyl (C=O) groups is 1. The van der Waals surface area contributed by atoms with Crippen LogP contribution in [0.5, 0.6) is 11.5 Å². The molecule has 5 nitrogen and oxygen atoms in total. The van der Waals surface area contributed by atoms with Gasteiger partial charge in [-0.3, -0.25) is 4.79 Å². The molecule has 25 heavy (non-hydrogen) atoms. The number of methoxy groups -OCH3 is 2. The highest BCUT2D eigenvalue weighted by atomic mass is 16.5. The van der Waals surface area contributed by atoms with E-state index < -0.39 is 0 Å². The Bertz CT molecular complexity index is 675. The summed E-state index contributed by atoms with van der Waals surface area (Å²) in [5.41, 5.74) is 2.29. The van der Waals surface area contributed by atoms with Gasteiger partial charge in [0.2, 0.25) is 5.91 Å². The third kappa shape index (κ3) is 2.69. The van der Waals surface area contributed by atoms with Crippen LogP contribution >= 0.6 is 0 Å². The van der Waals surface area contributed by atoms with Gasteiger partial charge in [0.1, 0.15) is 0 Å². The van der Waals surface area contributed by atoms with Crippen LogP contribution in [-0.2, 0) is 17.8 Å². The van der Waals surface area contributed by atoms with Crippen molar-refractivity contribution >= 4 is 5.91 Å². The zero-order valence-electron chi connectivity index (χ0n) is 15.3. The zero-order chi connectivity index (χ0) is 17.4. The van der Waals surface area contributed by atoms with Crippen LogP contribution < -0.4 is 14.8 Å². The van der Waals surface area contributed by atoms with Crippen LogP contribution in [0.4, 0.5) is 0 Å². The largest absolute Gasteiger partial charge is 0.493 e. The van der Waals surface area contributed by atoms with Crippen molar-refractivity contribution in [3.63, 3.8) is 0 Å². The monoisotopic (exact) mass is 344 g/mol. The molecule has 1 saturated heterocycles. The van der Waals surface area contributed by atoms with Gasteiger partial charge < -0.3 is 19.7 Å². The fraction of sp³-hybridized carbons (Fsp3) is 0.650. The van der Waals surface area contributed by atoms with Crippen LogP contribution in [0.3, 0.4) is 0 Å². The lowest BCUT2D eigenvalue weighted by Crippen LogP contribution is -2.51. The molecule has 1 aliphatic carbocycles. The molecule has 1 aromatic carbocycles. The predicted molar refractivity (Wildman–Crippen MR) is 95.9 cm³/mol. The molecule has 2 heterocycles. The van der Waals surface area contributed by atoms with E-state index in [2.05, 4.69) is 16.3 Å². The number of nitrogens with one attached hydrogen (secondary N) is 1. The Morgan fingerprint density at radius 2 is 1.96 bits per heavy atom. The van der Waals surface area contributed by atoms with Gasteiger partial charge in [0.25, 0.3) is 0 Å². The Hall–Kier alpha value is -1.75. The standard InChI is InChI=1S/C20H28N2O3/c1-24-17-9-14-6-8-22(12-15(14)10-18(17)25-2)19(23)20-7-4-3-5-16(20)11-21-13-20/h9-10,16,21H,3-8,11-13H2,1-2H3/t16-,20+/m0/s1. The highest BCUT2D eigenvalue weighted by Crippen LogP contribution is 2.46. The van der Waals surface area contributed by atoms with Gasteiger partial charge in [-0.2, -0.15) is 0 Å². The number of rotatable bonds is 3. The van der Waals surface area contributed by atoms with Gasteiger partial charge in [-0.1, -0.05) is 12.8 Å². The first-order valence-electron chi connectivity index (χ1n) is 9.42. The van der Waals surface area contributed by atoms with Gasteiger partial charge in [0, 0.05) is 19.6 Å². The van der Waals surface area contributed by atoms with Crippen molar-refractivity contribution < 1.29 is 14.3 Å². The predicted octanol–water partition coefficient (Wildman–Crippen LogP) is 2.37. The van der Waals surface area contributed by atoms with E-state index in [-0.39, 0.29) is 5.41 Å². The molecule has 0 bridgehead atoms. The van der Waals surface area contributed by atoms with E-state index in [0.29, 0.717) is 18.4 Å². The first-order chi connectivity index (χ1) is 12.2. The van der Waals surface area contributed by atoms with Crippen molar-refractivity contribution in [3.05, 3.63) is 23.3 Å². The maximum absolute atomic E-state index is 13.5. The summed E-state index contributed by atoms with van der Waals surface area (Å²) < 4.78 is 10.9. The molecule has 0 spiro atoms. The lowest BCUT2D eigenvalue weighted by molar-refractivity contribution is -0.146. The van der Waals surface area contributed by atoms with Gasteiger partial charge in [-0.15, -0.1) is 0 Å². The number of carbonyl (C=O) groups excluding carboxylic acids is 1. The molecule has 0 unspecified atom stereocenters. The molecule has 5 heteroatoms. The smallest absolute Gasteiger partial charge is 0.230 e. The minimum atomic E-state index is -0.160. The Morgan fingerprint density at radius 3 is 2.72 bits per heavy atom. The highest BCUT2D eigenvalue weighted by molar-refractivity contribution is 5.84. The van der Waals surface area contributed by atoms with Crippen molar-refractivity contribution in [2.24, 2.45) is 11.3 Å². The van der Waals surface area contributed by atoms with Crippen LogP contribution in [0.25, 0.3) is 0 Å². The Labute approximate surface area is 149 Å². The Morgan fingerprint density at radius 1 is 1.20 bits per heavy atom. The number of benzene rings is 1. The van der Waals surface area contributed by atoms with Gasteiger partial charge >= 0.3 is 0 Å². The average molecular weight is 344 g/mol. The summed E-state index contributed by atoms with van der Waals surface area (Å²) in [4.78, 5) is 15.6. The summed E-state index contributed by atoms with van der Waals surface area (Å²) in [5, 5.41) is 3.49. The maximum Gasteiger partial charge on any atom is 0.230 e. The summed E-state index contributed by atoms with van der Waals surface area (Å²) in [6.45, 7) is 3.34. The minimum absolute atomic E-state index is 0.160. The summed E-state index contributed by atoms with van der Waals surface area (Å²) in [6, 6.07) is 4.10. The lowest BCUT2D eigenvalue weighted by atomic mass is 9.67. The first-order valence-corrected chi connectivity index (χ1v) is 9.42. The molecule has 2 fully saturated rings. The van der Waals surface area contributed by atoms with E-state index in [1.54, 1.807) is 14.2 Å². The Balaban J connectivity index is 1.58. The highest BCUT2D eigenvalue weighted by Gasteiger charge is 2.51. The van der Waals surface area contributed by atoms with E-state index in [0.717, 1.165) is 44.0 Å². The second-order valence-electron chi connectivity index (χ2n) is 7.68. The van der Waals surface area contributed by atoms with E-state index in [9.17, 15) is 4.79 Å². The van der Waals surface area contributed by atoms with Gasteiger partial charge in [-0.25, -0.2) is 0 Å². The van der Waals surface area contributed by atoms with Crippen molar-refractivity contribution in [3.8, 4) is 11.5 Å². The third-order valence-corrected chi connectivity index (χ3v) is 6.47. The lowest BCUT2D eigenvalue weighted by Gasteiger charge is -2.42. The number of hydrogen-bond acceptors (Lipinski definition) is 4. The second-order valence-corrected chi connectivity index (χ2v) is 7.68. The van der Waals surface area contributed by atoms with E-state index >= 15 is 0 Å². The molecule has 4 rings (SSSR count). The molecule has 1 aromatic rings. The van der Waals surface area contributed by atoms with Crippen molar-refractivity contribution in [2.45, 2.75) is 38.6 Å². The van der Waals surface area contributed by atoms with Crippen LogP contribution in [0.2, 0.25) is 0 Å². The normalized spacial score (nSPS) is 28.2. The third-order valence-electron chi connectivity index (χ3n) is 6.47. The van der Waals surface area contributed by atoms with E-state index in [1.807, 2.05) is 6.07 Å². The van der Waals surface area contributed by atoms with Crippen molar-refractivity contribution in [1.29, 1.82) is 0 Å². The molecule has 3 aliphatic rings. The van der Waals surface area contributed by atoms with E-state index in [1.165, 1.54) is 30.4 Å². The molecule has 1 N–H and O–H groups in total. The number of nitrogens with zero attached hydrogens (tertiary/aromatic N) is 1. The second kappa shape index (κ2) is 6.52. The number of ether oxygens (including phenoxy) is 2. The number of hydrogen-bond donors (Lipinski definition) is 1. The first kappa shape index (κ1) is 16.7. The molecule has 2 atom stereocenters. The quantitative estimate of drug-likeness (QED) is 0.915. The van der Waals surface area contributed by atoms with Crippen LogP contribution in [0, 0.1) is 11.3 Å². The average Bonchev–Trinajstić information content (AvgIpc) is 3.11. The summed E-state index contributed by atoms with van der Waals surface area (Å²) in [6.07, 6.45) is 5.56. The van der Waals surface area contributed by atoms with Crippen LogP contribution in [0.15, 0.2) is 12.1 Å². The number of amides is 1. The molecular weight excluding hydrogens is 316 g/mol. The van der Waals surface area contributed by atoms with Crippen LogP contribution in [-0.4, -0.2) is 44.7 Å². The van der Waals surface area contributed by atoms with Crippen molar-refractivity contribution in [1.82, 2.24) is 10.2 Å². The SMILES string of the molecule is COc1cc2c(cc1OC)CN(C(=O)[C@@]13CCCC[C@H]1CNC3)CC2. The molecule has 0 radical (unpaired) electrons. The fourth-order valence-corrected chi connectivity index (χ4v) is 5.04. The summed E-state index contributed by atoms with van der Waals surface area (Å²) in [5.74, 6) is 2.39. The fourth-order valence-electron chi connectivity index (χ4n) is 5.04. The summed E-state index contributed by atoms with van der Waals surface area (Å²) >= 11 is 0. The molecule has 0 aromatic heterocycles. The molecular formula is C20H28N2O3. The molecule has 1 amide bonds. The van der Waals surface area contributed by atoms with Gasteiger partial charge in [-0.05, 0) is 55.0 Å². The minimum Gasteiger partial charge on any atom is -0.493 e. The Kier molecular flexibility index (Phi) is 4.36. The van der Waals surface area contributed by atoms with Gasteiger partial charge in [0.15, 0.2) is 11.5 Å². The molecule has 2 aliphatic heterocycles. The van der Waals surface area contributed by atoms with Gasteiger partial charge in [0.05, 0.1) is 19.6 Å². The topological polar surface area (TPSA) is 50.8 Å². The summed E-state index contributed by atoms with van der Waals surface area (Å²) in [7, 11) is 3.32. The number of fused-ring (bicyclic) bond motifs is 2.